The highest BCUT2D eigenvalue weighted by Gasteiger charge is 2.39. The summed E-state index contributed by atoms with van der Waals surface area (Å²) in [5.74, 6) is 0.627. The SMILES string of the molecule is C=CC[Si](OCC)(OCC)OCC.CCO[Si](CCCCl)(OCC)OCC. The van der Waals surface area contributed by atoms with Crippen molar-refractivity contribution in [2.24, 2.45) is 0 Å². The molecule has 27 heavy (non-hydrogen) atoms. The van der Waals surface area contributed by atoms with E-state index in [2.05, 4.69) is 6.58 Å². The van der Waals surface area contributed by atoms with Crippen molar-refractivity contribution in [3.8, 4) is 0 Å². The summed E-state index contributed by atoms with van der Waals surface area (Å²) in [6.45, 7) is 19.2. The van der Waals surface area contributed by atoms with Crippen LogP contribution in [-0.2, 0) is 26.6 Å². The minimum atomic E-state index is -2.41. The first-order valence-corrected chi connectivity index (χ1v) is 14.4. The maximum Gasteiger partial charge on any atom is 0.504 e. The molecule has 0 bridgehead atoms. The maximum atomic E-state index is 5.66. The van der Waals surface area contributed by atoms with Gasteiger partial charge in [-0.1, -0.05) is 6.08 Å². The zero-order valence-corrected chi connectivity index (χ0v) is 20.9. The third-order valence-electron chi connectivity index (χ3n) is 3.20. The molecule has 0 unspecified atom stereocenters. The van der Waals surface area contributed by atoms with Gasteiger partial charge in [0.15, 0.2) is 0 Å². The fraction of sp³-hybridized carbons (Fsp3) is 0.889. The van der Waals surface area contributed by atoms with Gasteiger partial charge in [-0.2, -0.15) is 0 Å². The van der Waals surface area contributed by atoms with Crippen LogP contribution in [0, 0.1) is 0 Å². The zero-order valence-electron chi connectivity index (χ0n) is 18.2. The molecule has 0 saturated heterocycles. The summed E-state index contributed by atoms with van der Waals surface area (Å²) >= 11 is 5.66. The van der Waals surface area contributed by atoms with Crippen molar-refractivity contribution < 1.29 is 26.6 Å². The van der Waals surface area contributed by atoms with Gasteiger partial charge in [-0.05, 0) is 48.0 Å². The van der Waals surface area contributed by atoms with E-state index in [-0.39, 0.29) is 0 Å². The molecule has 0 aliphatic rings. The fourth-order valence-corrected chi connectivity index (χ4v) is 7.67. The second-order valence-electron chi connectivity index (χ2n) is 5.25. The number of hydrogen-bond donors (Lipinski definition) is 0. The van der Waals surface area contributed by atoms with Gasteiger partial charge in [-0.15, -0.1) is 18.2 Å². The highest BCUT2D eigenvalue weighted by atomic mass is 35.5. The second-order valence-corrected chi connectivity index (χ2v) is 11.0. The Bertz CT molecular complexity index is 303. The first kappa shape index (κ1) is 29.4. The van der Waals surface area contributed by atoms with E-state index in [1.54, 1.807) is 6.08 Å². The van der Waals surface area contributed by atoms with Crippen LogP contribution in [0.4, 0.5) is 0 Å². The van der Waals surface area contributed by atoms with E-state index in [0.29, 0.717) is 51.6 Å². The molecule has 0 heterocycles. The molecule has 0 radical (unpaired) electrons. The largest absolute Gasteiger partial charge is 0.504 e. The quantitative estimate of drug-likeness (QED) is 0.181. The van der Waals surface area contributed by atoms with Gasteiger partial charge in [0.2, 0.25) is 0 Å². The Morgan fingerprint density at radius 3 is 1.26 bits per heavy atom. The van der Waals surface area contributed by atoms with Crippen molar-refractivity contribution in [1.29, 1.82) is 0 Å². The third kappa shape index (κ3) is 13.9. The van der Waals surface area contributed by atoms with Gasteiger partial charge in [0.1, 0.15) is 0 Å². The van der Waals surface area contributed by atoms with Crippen molar-refractivity contribution in [2.75, 3.05) is 45.5 Å². The van der Waals surface area contributed by atoms with Gasteiger partial charge < -0.3 is 26.6 Å². The summed E-state index contributed by atoms with van der Waals surface area (Å²) in [6, 6.07) is 1.49. The monoisotopic (exact) mass is 444 g/mol. The van der Waals surface area contributed by atoms with Crippen LogP contribution in [0.2, 0.25) is 12.1 Å². The molecule has 6 nitrogen and oxygen atoms in total. The van der Waals surface area contributed by atoms with Gasteiger partial charge in [-0.25, -0.2) is 0 Å². The molecule has 0 aliphatic heterocycles. The smallest absolute Gasteiger partial charge is 0.374 e. The standard InChI is InChI=1S/C9H21ClO3Si.C9H20O3Si/c1-4-11-14(12-5-2,13-6-3)9-7-8-10;1-5-9-13(10-6-2,11-7-3)12-8-4/h4-9H2,1-3H3;5H,1,6-9H2,2-4H3. The second kappa shape index (κ2) is 19.5. The maximum absolute atomic E-state index is 5.66. The van der Waals surface area contributed by atoms with Crippen LogP contribution in [0.25, 0.3) is 0 Å². The number of alkyl halides is 1. The Balaban J connectivity index is 0. The predicted octanol–water partition coefficient (Wildman–Crippen LogP) is 4.88. The van der Waals surface area contributed by atoms with Crippen molar-refractivity contribution in [1.82, 2.24) is 0 Å². The topological polar surface area (TPSA) is 55.4 Å². The lowest BCUT2D eigenvalue weighted by atomic mass is 10.6. The van der Waals surface area contributed by atoms with Gasteiger partial charge in [0.25, 0.3) is 0 Å². The first-order valence-electron chi connectivity index (χ1n) is 9.99. The molecule has 0 aliphatic carbocycles. The molecule has 0 aromatic rings. The molecule has 0 amide bonds. The lowest BCUT2D eigenvalue weighted by Crippen LogP contribution is -2.46. The van der Waals surface area contributed by atoms with Crippen LogP contribution in [0.1, 0.15) is 48.0 Å². The minimum absolute atomic E-state index is 0.625. The van der Waals surface area contributed by atoms with Gasteiger partial charge >= 0.3 is 17.6 Å². The average molecular weight is 445 g/mol. The van der Waals surface area contributed by atoms with Crippen molar-refractivity contribution in [3.63, 3.8) is 0 Å². The van der Waals surface area contributed by atoms with Crippen LogP contribution in [0.5, 0.6) is 0 Å². The molecular weight excluding hydrogens is 404 g/mol. The zero-order chi connectivity index (χ0) is 21.0. The Kier molecular flexibility index (Phi) is 21.3. The minimum Gasteiger partial charge on any atom is -0.374 e. The fourth-order valence-electron chi connectivity index (χ4n) is 2.42. The van der Waals surface area contributed by atoms with Gasteiger partial charge in [0, 0.05) is 57.6 Å². The Morgan fingerprint density at radius 2 is 1.00 bits per heavy atom. The molecule has 0 N–H and O–H groups in total. The van der Waals surface area contributed by atoms with Gasteiger partial charge in [0.05, 0.1) is 0 Å². The Hall–Kier alpha value is 0.224. The lowest BCUT2D eigenvalue weighted by Gasteiger charge is -2.28. The molecule has 0 spiro atoms. The number of allylic oxidation sites excluding steroid dienone is 1. The highest BCUT2D eigenvalue weighted by Crippen LogP contribution is 2.18. The van der Waals surface area contributed by atoms with E-state index in [4.69, 9.17) is 38.2 Å². The molecule has 9 heteroatoms. The summed E-state index contributed by atoms with van der Waals surface area (Å²) < 4.78 is 33.7. The molecule has 0 aromatic carbocycles. The third-order valence-corrected chi connectivity index (χ3v) is 9.59. The number of rotatable bonds is 17. The van der Waals surface area contributed by atoms with Crippen molar-refractivity contribution >= 4 is 29.2 Å². The van der Waals surface area contributed by atoms with E-state index in [9.17, 15) is 0 Å². The summed E-state index contributed by atoms with van der Waals surface area (Å²) in [4.78, 5) is 0. The van der Waals surface area contributed by atoms with E-state index in [0.717, 1.165) is 12.5 Å². The van der Waals surface area contributed by atoms with Crippen LogP contribution in [-0.4, -0.2) is 63.1 Å². The predicted molar refractivity (Wildman–Crippen MR) is 116 cm³/mol. The van der Waals surface area contributed by atoms with E-state index in [1.807, 2.05) is 41.5 Å². The van der Waals surface area contributed by atoms with Gasteiger partial charge in [-0.3, -0.25) is 0 Å². The van der Waals surface area contributed by atoms with Crippen molar-refractivity contribution in [2.45, 2.75) is 60.1 Å². The van der Waals surface area contributed by atoms with E-state index >= 15 is 0 Å². The molecule has 0 aromatic heterocycles. The molecule has 0 rings (SSSR count). The first-order chi connectivity index (χ1) is 13.0. The molecule has 164 valence electrons. The van der Waals surface area contributed by atoms with Crippen molar-refractivity contribution in [3.05, 3.63) is 12.7 Å². The molecule has 0 saturated carbocycles. The summed E-state index contributed by atoms with van der Waals surface area (Å²) in [7, 11) is -4.81. The normalized spacial score (nSPS) is 11.8. The van der Waals surface area contributed by atoms with Crippen LogP contribution in [0.15, 0.2) is 12.7 Å². The summed E-state index contributed by atoms with van der Waals surface area (Å²) in [5.41, 5.74) is 0. The number of hydrogen-bond acceptors (Lipinski definition) is 6. The average Bonchev–Trinajstić information content (AvgIpc) is 2.62. The van der Waals surface area contributed by atoms with E-state index < -0.39 is 17.6 Å². The lowest BCUT2D eigenvalue weighted by molar-refractivity contribution is 0.0710. The highest BCUT2D eigenvalue weighted by molar-refractivity contribution is 6.61. The summed E-state index contributed by atoms with van der Waals surface area (Å²) in [6.07, 6.45) is 2.68. The van der Waals surface area contributed by atoms with Crippen LogP contribution in [0.3, 0.4) is 0 Å². The number of halogens is 1. The van der Waals surface area contributed by atoms with Crippen LogP contribution < -0.4 is 0 Å². The Morgan fingerprint density at radius 1 is 0.667 bits per heavy atom. The summed E-state index contributed by atoms with van der Waals surface area (Å²) in [5, 5.41) is 0. The molecule has 0 atom stereocenters. The molecule has 0 fully saturated rings. The Labute approximate surface area is 174 Å². The van der Waals surface area contributed by atoms with E-state index in [1.165, 1.54) is 0 Å². The van der Waals surface area contributed by atoms with Crippen LogP contribution >= 0.6 is 11.6 Å². The molecular formula is C18H41ClO6Si2.